The van der Waals surface area contributed by atoms with E-state index in [4.69, 9.17) is 4.74 Å². The molecular formula is C15H11Br2F3O. The van der Waals surface area contributed by atoms with Crippen LogP contribution in [0.3, 0.4) is 0 Å². The Balaban J connectivity index is 2.43. The lowest BCUT2D eigenvalue weighted by molar-refractivity contribution is 0.340. The predicted molar refractivity (Wildman–Crippen MR) is 82.4 cm³/mol. The smallest absolute Gasteiger partial charge is 0.133 e. The van der Waals surface area contributed by atoms with E-state index in [1.807, 2.05) is 6.92 Å². The van der Waals surface area contributed by atoms with Crippen LogP contribution in [-0.4, -0.2) is 6.61 Å². The van der Waals surface area contributed by atoms with Crippen molar-refractivity contribution in [3.8, 4) is 5.75 Å². The van der Waals surface area contributed by atoms with Crippen LogP contribution in [0.4, 0.5) is 13.2 Å². The van der Waals surface area contributed by atoms with Crippen LogP contribution in [0.5, 0.6) is 5.75 Å². The third kappa shape index (κ3) is 3.61. The van der Waals surface area contributed by atoms with E-state index >= 15 is 0 Å². The minimum absolute atomic E-state index is 0.235. The maximum atomic E-state index is 13.8. The molecule has 2 aromatic carbocycles. The second-order valence-corrected chi connectivity index (χ2v) is 6.03. The van der Waals surface area contributed by atoms with Crippen molar-refractivity contribution in [2.24, 2.45) is 0 Å². The van der Waals surface area contributed by atoms with Crippen molar-refractivity contribution < 1.29 is 17.9 Å². The highest BCUT2D eigenvalue weighted by Gasteiger charge is 2.22. The van der Waals surface area contributed by atoms with Crippen molar-refractivity contribution in [1.82, 2.24) is 0 Å². The van der Waals surface area contributed by atoms with Gasteiger partial charge < -0.3 is 4.74 Å². The van der Waals surface area contributed by atoms with Crippen LogP contribution >= 0.6 is 31.9 Å². The van der Waals surface area contributed by atoms with Crippen molar-refractivity contribution in [3.63, 3.8) is 0 Å². The van der Waals surface area contributed by atoms with Crippen molar-refractivity contribution in [3.05, 3.63) is 63.4 Å². The zero-order valence-electron chi connectivity index (χ0n) is 11.0. The van der Waals surface area contributed by atoms with Crippen molar-refractivity contribution in [2.45, 2.75) is 11.8 Å². The number of rotatable bonds is 4. The Labute approximate surface area is 137 Å². The van der Waals surface area contributed by atoms with Gasteiger partial charge in [-0.15, -0.1) is 0 Å². The molecule has 2 aromatic rings. The molecule has 0 saturated heterocycles. The molecule has 0 aliphatic heterocycles. The Morgan fingerprint density at radius 1 is 1.10 bits per heavy atom. The van der Waals surface area contributed by atoms with Crippen LogP contribution < -0.4 is 4.74 Å². The Morgan fingerprint density at radius 3 is 2.24 bits per heavy atom. The van der Waals surface area contributed by atoms with Gasteiger partial charge in [0.2, 0.25) is 0 Å². The van der Waals surface area contributed by atoms with Crippen LogP contribution in [-0.2, 0) is 0 Å². The Morgan fingerprint density at radius 2 is 1.71 bits per heavy atom. The van der Waals surface area contributed by atoms with Crippen LogP contribution in [0.15, 0.2) is 34.8 Å². The predicted octanol–water partition coefficient (Wildman–Crippen LogP) is 5.75. The standard InChI is InChI=1S/C15H11Br2F3O/c1-2-21-9-3-4-10(11(16)7-9)15(17)14-12(19)5-8(18)6-13(14)20/h3-7,15H,2H2,1H3. The van der Waals surface area contributed by atoms with E-state index in [0.29, 0.717) is 34.5 Å². The van der Waals surface area contributed by atoms with Gasteiger partial charge in [-0.25, -0.2) is 13.2 Å². The number of halogens is 5. The topological polar surface area (TPSA) is 9.23 Å². The highest BCUT2D eigenvalue weighted by atomic mass is 79.9. The number of benzene rings is 2. The molecule has 0 aliphatic rings. The summed E-state index contributed by atoms with van der Waals surface area (Å²) in [5, 5.41) is 0. The summed E-state index contributed by atoms with van der Waals surface area (Å²) in [5.41, 5.74) is 0.379. The first-order valence-electron chi connectivity index (χ1n) is 6.14. The average Bonchev–Trinajstić information content (AvgIpc) is 2.37. The summed E-state index contributed by atoms with van der Waals surface area (Å²) in [7, 11) is 0. The third-order valence-electron chi connectivity index (χ3n) is 2.85. The molecule has 0 aliphatic carbocycles. The lowest BCUT2D eigenvalue weighted by Crippen LogP contribution is -2.03. The lowest BCUT2D eigenvalue weighted by atomic mass is 10.0. The fourth-order valence-corrected chi connectivity index (χ4v) is 3.65. The maximum absolute atomic E-state index is 13.8. The number of hydrogen-bond donors (Lipinski definition) is 0. The molecule has 0 radical (unpaired) electrons. The fraction of sp³-hybridized carbons (Fsp3) is 0.200. The molecule has 0 heterocycles. The van der Waals surface area contributed by atoms with E-state index in [2.05, 4.69) is 31.9 Å². The maximum Gasteiger partial charge on any atom is 0.133 e. The van der Waals surface area contributed by atoms with Gasteiger partial charge in [-0.2, -0.15) is 0 Å². The van der Waals surface area contributed by atoms with Crippen LogP contribution in [0.1, 0.15) is 22.9 Å². The number of hydrogen-bond acceptors (Lipinski definition) is 1. The van der Waals surface area contributed by atoms with Gasteiger partial charge in [0.15, 0.2) is 0 Å². The van der Waals surface area contributed by atoms with E-state index < -0.39 is 22.3 Å². The number of ether oxygens (including phenoxy) is 1. The van der Waals surface area contributed by atoms with Crippen molar-refractivity contribution in [1.29, 1.82) is 0 Å². The van der Waals surface area contributed by atoms with Gasteiger partial charge in [-0.1, -0.05) is 37.9 Å². The molecule has 0 spiro atoms. The average molecular weight is 424 g/mol. The van der Waals surface area contributed by atoms with Gasteiger partial charge in [0, 0.05) is 22.2 Å². The second kappa shape index (κ2) is 6.83. The molecule has 21 heavy (non-hydrogen) atoms. The van der Waals surface area contributed by atoms with E-state index in [0.717, 1.165) is 0 Å². The lowest BCUT2D eigenvalue weighted by Gasteiger charge is -2.15. The molecule has 0 fully saturated rings. The van der Waals surface area contributed by atoms with E-state index in [9.17, 15) is 13.2 Å². The highest BCUT2D eigenvalue weighted by molar-refractivity contribution is 9.11. The summed E-state index contributed by atoms with van der Waals surface area (Å²) in [4.78, 5) is -0.747. The molecule has 1 atom stereocenters. The monoisotopic (exact) mass is 422 g/mol. The second-order valence-electron chi connectivity index (χ2n) is 4.26. The molecule has 1 unspecified atom stereocenters. The van der Waals surface area contributed by atoms with E-state index in [1.165, 1.54) is 0 Å². The van der Waals surface area contributed by atoms with Crippen LogP contribution in [0.25, 0.3) is 0 Å². The zero-order valence-corrected chi connectivity index (χ0v) is 14.1. The minimum atomic E-state index is -0.945. The van der Waals surface area contributed by atoms with Crippen LogP contribution in [0.2, 0.25) is 0 Å². The van der Waals surface area contributed by atoms with Gasteiger partial charge in [-0.05, 0) is 24.6 Å². The molecule has 0 N–H and O–H groups in total. The molecule has 0 aromatic heterocycles. The molecular weight excluding hydrogens is 413 g/mol. The quantitative estimate of drug-likeness (QED) is 0.569. The van der Waals surface area contributed by atoms with E-state index in [1.54, 1.807) is 18.2 Å². The minimum Gasteiger partial charge on any atom is -0.494 e. The zero-order chi connectivity index (χ0) is 15.6. The van der Waals surface area contributed by atoms with Gasteiger partial charge in [0.25, 0.3) is 0 Å². The normalized spacial score (nSPS) is 12.3. The Hall–Kier alpha value is -1.01. The largest absolute Gasteiger partial charge is 0.494 e. The SMILES string of the molecule is CCOc1ccc(C(Br)c2c(F)cc(F)cc2F)c(Br)c1. The highest BCUT2D eigenvalue weighted by Crippen LogP contribution is 2.39. The summed E-state index contributed by atoms with van der Waals surface area (Å²) >= 11 is 6.61. The van der Waals surface area contributed by atoms with E-state index in [-0.39, 0.29) is 5.56 Å². The van der Waals surface area contributed by atoms with Crippen molar-refractivity contribution in [2.75, 3.05) is 6.61 Å². The Bertz CT molecular complexity index is 638. The fourth-order valence-electron chi connectivity index (χ4n) is 1.92. The van der Waals surface area contributed by atoms with Gasteiger partial charge >= 0.3 is 0 Å². The summed E-state index contributed by atoms with van der Waals surface area (Å²) in [6.45, 7) is 2.38. The molecule has 0 saturated carbocycles. The van der Waals surface area contributed by atoms with Crippen LogP contribution in [0, 0.1) is 17.5 Å². The van der Waals surface area contributed by atoms with Gasteiger partial charge in [-0.3, -0.25) is 0 Å². The third-order valence-corrected chi connectivity index (χ3v) is 4.49. The first-order chi connectivity index (χ1) is 9.93. The first kappa shape index (κ1) is 16.4. The molecule has 1 nitrogen and oxygen atoms in total. The van der Waals surface area contributed by atoms with Gasteiger partial charge in [0.05, 0.1) is 11.4 Å². The Kier molecular flexibility index (Phi) is 5.32. The molecule has 2 rings (SSSR count). The molecule has 6 heteroatoms. The molecule has 0 amide bonds. The first-order valence-corrected chi connectivity index (χ1v) is 7.85. The summed E-state index contributed by atoms with van der Waals surface area (Å²) in [6.07, 6.45) is 0. The molecule has 0 bridgehead atoms. The van der Waals surface area contributed by atoms with Gasteiger partial charge in [0.1, 0.15) is 23.2 Å². The summed E-state index contributed by atoms with van der Waals surface area (Å²) < 4.78 is 46.6. The molecule has 112 valence electrons. The number of alkyl halides is 1. The summed E-state index contributed by atoms with van der Waals surface area (Å²) in [5.74, 6) is -2.17. The summed E-state index contributed by atoms with van der Waals surface area (Å²) in [6, 6.07) is 6.44. The van der Waals surface area contributed by atoms with Crippen molar-refractivity contribution >= 4 is 31.9 Å².